The fraction of sp³-hybridized carbons (Fsp3) is 0. The average molecular weight is 184 g/mol. The summed E-state index contributed by atoms with van der Waals surface area (Å²) in [6.45, 7) is 0. The van der Waals surface area contributed by atoms with Crippen LogP contribution in [-0.4, -0.2) is 22.3 Å². The predicted octanol–water partition coefficient (Wildman–Crippen LogP) is -1.25. The summed E-state index contributed by atoms with van der Waals surface area (Å²) in [6, 6.07) is -0.560. The van der Waals surface area contributed by atoms with E-state index in [1.165, 1.54) is 0 Å². The van der Waals surface area contributed by atoms with E-state index in [9.17, 15) is 4.79 Å². The van der Waals surface area contributed by atoms with Gasteiger partial charge in [0, 0.05) is 0 Å². The second-order valence-corrected chi connectivity index (χ2v) is 1.28. The fourth-order valence-electron chi connectivity index (χ4n) is 0.0706. The molecule has 0 saturated carbocycles. The van der Waals surface area contributed by atoms with Gasteiger partial charge in [-0.1, -0.05) is 0 Å². The number of nitrogens with zero attached hydrogens (tertiary/aromatic N) is 1. The van der Waals surface area contributed by atoms with E-state index >= 15 is 0 Å². The molecule has 0 aromatic rings. The first kappa shape index (κ1) is 6.97. The topological polar surface area (TPSA) is 53.5 Å². The molecule has 0 radical (unpaired) electrons. The summed E-state index contributed by atoms with van der Waals surface area (Å²) in [4.78, 5) is 9.96. The number of hydrazine groups is 1. The summed E-state index contributed by atoms with van der Waals surface area (Å²) in [5, 5.41) is 0. The Morgan fingerprint density at radius 2 is 2.43 bits per heavy atom. The molecule has 0 aliphatic carbocycles. The monoisotopic (exact) mass is 185 g/mol. The second kappa shape index (κ2) is 4.14. The standard InChI is InChI=1S/CH3N3OSSe/c5-1(3-6)2-4-7/h4,7H,(H,2,5). The van der Waals surface area contributed by atoms with Crippen molar-refractivity contribution in [2.75, 3.05) is 0 Å². The van der Waals surface area contributed by atoms with Gasteiger partial charge in [-0.3, -0.25) is 0 Å². The van der Waals surface area contributed by atoms with E-state index in [0.717, 1.165) is 0 Å². The summed E-state index contributed by atoms with van der Waals surface area (Å²) < 4.78 is 5.13. The van der Waals surface area contributed by atoms with Gasteiger partial charge in [-0.05, 0) is 0 Å². The van der Waals surface area contributed by atoms with Crippen molar-refractivity contribution < 1.29 is 4.79 Å². The van der Waals surface area contributed by atoms with Gasteiger partial charge in [0.1, 0.15) is 0 Å². The minimum absolute atomic E-state index is 0.560. The number of hydrogen-bond donors (Lipinski definition) is 2. The van der Waals surface area contributed by atoms with Crippen LogP contribution in [0.15, 0.2) is 4.36 Å². The maximum atomic E-state index is 9.96. The molecule has 4 nitrogen and oxygen atoms in total. The molecule has 0 aliphatic heterocycles. The molecule has 0 rings (SSSR count). The quantitative estimate of drug-likeness (QED) is 0.395. The molecule has 0 bridgehead atoms. The van der Waals surface area contributed by atoms with Gasteiger partial charge in [-0.2, -0.15) is 0 Å². The molecular formula is CH3N3OSSe. The number of urea groups is 1. The Balaban J connectivity index is 3.17. The van der Waals surface area contributed by atoms with E-state index in [2.05, 4.69) is 26.7 Å². The molecule has 0 unspecified atom stereocenters. The molecule has 0 aromatic carbocycles. The van der Waals surface area contributed by atoms with Crippen molar-refractivity contribution in [1.82, 2.24) is 9.87 Å². The van der Waals surface area contributed by atoms with Crippen molar-refractivity contribution >= 4 is 34.7 Å². The van der Waals surface area contributed by atoms with Gasteiger partial charge in [-0.15, -0.1) is 0 Å². The van der Waals surface area contributed by atoms with Gasteiger partial charge in [0.2, 0.25) is 0 Å². The van der Waals surface area contributed by atoms with Crippen LogP contribution in [0, 0.1) is 0 Å². The van der Waals surface area contributed by atoms with Crippen LogP contribution in [0.4, 0.5) is 4.79 Å². The number of nitrogens with one attached hydrogen (secondary N) is 2. The van der Waals surface area contributed by atoms with Crippen LogP contribution in [0.5, 0.6) is 0 Å². The first-order valence-corrected chi connectivity index (χ1v) is 2.64. The zero-order chi connectivity index (χ0) is 5.70. The second-order valence-electron chi connectivity index (χ2n) is 0.633. The molecule has 0 spiro atoms. The third-order valence-electron chi connectivity index (χ3n) is 0.246. The Morgan fingerprint density at radius 3 is 2.57 bits per heavy atom. The van der Waals surface area contributed by atoms with E-state index in [0.29, 0.717) is 0 Å². The molecule has 0 heterocycles. The molecule has 2 N–H and O–H groups in total. The third-order valence-corrected chi connectivity index (χ3v) is 0.646. The maximum absolute atomic E-state index is 9.96. The first-order chi connectivity index (χ1) is 3.31. The van der Waals surface area contributed by atoms with Crippen molar-refractivity contribution in [2.24, 2.45) is 4.36 Å². The van der Waals surface area contributed by atoms with Crippen LogP contribution < -0.4 is 9.87 Å². The van der Waals surface area contributed by atoms with E-state index in [-0.39, 0.29) is 0 Å². The predicted molar refractivity (Wildman–Crippen MR) is 28.6 cm³/mol. The van der Waals surface area contributed by atoms with E-state index < -0.39 is 6.03 Å². The van der Waals surface area contributed by atoms with Crippen LogP contribution >= 0.6 is 0 Å². The molecule has 0 fully saturated rings. The Labute approximate surface area is 54.2 Å². The van der Waals surface area contributed by atoms with Crippen LogP contribution in [0.1, 0.15) is 0 Å². The molecule has 0 aromatic heterocycles. The van der Waals surface area contributed by atoms with Gasteiger partial charge >= 0.3 is 53.7 Å². The summed E-state index contributed by atoms with van der Waals surface area (Å²) in [6.07, 6.45) is 0. The zero-order valence-electron chi connectivity index (χ0n) is 3.21. The number of hydrogen-bond acceptors (Lipinski definition) is 3. The molecule has 2 amide bonds. The summed E-state index contributed by atoms with van der Waals surface area (Å²) in [5.74, 6) is 0. The fourth-order valence-corrected chi connectivity index (χ4v) is 0.317. The molecule has 6 heteroatoms. The van der Waals surface area contributed by atoms with Crippen molar-refractivity contribution in [3.63, 3.8) is 0 Å². The van der Waals surface area contributed by atoms with Gasteiger partial charge in [0.05, 0.1) is 0 Å². The van der Waals surface area contributed by atoms with E-state index in [4.69, 9.17) is 0 Å². The first-order valence-electron chi connectivity index (χ1n) is 1.33. The van der Waals surface area contributed by atoms with Gasteiger partial charge in [-0.25, -0.2) is 0 Å². The van der Waals surface area contributed by atoms with E-state index in [1.54, 1.807) is 0 Å². The number of carbonyl (C=O) groups is 1. The third kappa shape index (κ3) is 3.81. The van der Waals surface area contributed by atoms with Crippen molar-refractivity contribution in [1.29, 1.82) is 0 Å². The average Bonchev–Trinajstić information content (AvgIpc) is 1.68. The minimum atomic E-state index is -0.560. The van der Waals surface area contributed by atoms with Crippen LogP contribution in [0.25, 0.3) is 0 Å². The van der Waals surface area contributed by atoms with Gasteiger partial charge in [0.15, 0.2) is 0 Å². The summed E-state index contributed by atoms with van der Waals surface area (Å²) in [7, 11) is 0. The summed E-state index contributed by atoms with van der Waals surface area (Å²) >= 11 is 5.94. The molecule has 0 saturated heterocycles. The number of carbonyl (C=O) groups excluding carboxylic acids is 1. The number of rotatable bonds is 1. The van der Waals surface area contributed by atoms with E-state index in [1.807, 2.05) is 16.2 Å². The molecule has 0 aliphatic rings. The van der Waals surface area contributed by atoms with Crippen molar-refractivity contribution in [3.8, 4) is 0 Å². The SMILES string of the molecule is O=C(N=S)NN[SeH]. The molecule has 7 heavy (non-hydrogen) atoms. The Morgan fingerprint density at radius 1 is 1.86 bits per heavy atom. The van der Waals surface area contributed by atoms with Crippen LogP contribution in [0.2, 0.25) is 0 Å². The Kier molecular flexibility index (Phi) is 4.12. The molecular weight excluding hydrogens is 181 g/mol. The Hall–Kier alpha value is -0.0305. The zero-order valence-corrected chi connectivity index (χ0v) is 5.90. The molecule has 0 atom stereocenters. The Bertz CT molecular complexity index is 85.0. The van der Waals surface area contributed by atoms with Crippen LogP contribution in [0.3, 0.4) is 0 Å². The number of amides is 2. The normalized spacial score (nSPS) is 7.57. The molecule has 40 valence electrons. The van der Waals surface area contributed by atoms with Gasteiger partial charge in [0.25, 0.3) is 0 Å². The van der Waals surface area contributed by atoms with Gasteiger partial charge < -0.3 is 0 Å². The van der Waals surface area contributed by atoms with Crippen molar-refractivity contribution in [3.05, 3.63) is 0 Å². The summed E-state index contributed by atoms with van der Waals surface area (Å²) in [5.41, 5.74) is 2.11. The van der Waals surface area contributed by atoms with Crippen molar-refractivity contribution in [2.45, 2.75) is 0 Å². The van der Waals surface area contributed by atoms with Crippen LogP contribution in [-0.2, 0) is 12.4 Å².